The largest absolute Gasteiger partial charge is 0.478 e. The quantitative estimate of drug-likeness (QED) is 0.767. The molecule has 1 aliphatic rings. The number of fused-ring (bicyclic) bond motifs is 1. The number of carbonyl (C=O) groups is 1. The second-order valence-electron chi connectivity index (χ2n) is 6.62. The van der Waals surface area contributed by atoms with E-state index in [0.717, 1.165) is 40.6 Å². The van der Waals surface area contributed by atoms with E-state index in [1.54, 1.807) is 12.3 Å². The Kier molecular flexibility index (Phi) is 3.60. The van der Waals surface area contributed by atoms with E-state index in [9.17, 15) is 9.90 Å². The molecule has 0 spiro atoms. The summed E-state index contributed by atoms with van der Waals surface area (Å²) < 4.78 is 2.02. The molecule has 24 heavy (non-hydrogen) atoms. The Balaban J connectivity index is 1.89. The van der Waals surface area contributed by atoms with Crippen molar-refractivity contribution in [3.05, 3.63) is 53.9 Å². The predicted molar refractivity (Wildman–Crippen MR) is 94.3 cm³/mol. The Morgan fingerprint density at radius 2 is 2.04 bits per heavy atom. The van der Waals surface area contributed by atoms with Crippen molar-refractivity contribution in [1.29, 1.82) is 0 Å². The van der Waals surface area contributed by atoms with Crippen molar-refractivity contribution in [1.82, 2.24) is 9.55 Å². The van der Waals surface area contributed by atoms with Crippen molar-refractivity contribution >= 4 is 17.0 Å². The number of aryl methyl sites for hydroxylation is 1. The minimum Gasteiger partial charge on any atom is -0.478 e. The van der Waals surface area contributed by atoms with Gasteiger partial charge in [-0.1, -0.05) is 18.9 Å². The van der Waals surface area contributed by atoms with E-state index in [0.29, 0.717) is 11.5 Å². The van der Waals surface area contributed by atoms with Crippen molar-refractivity contribution in [2.75, 3.05) is 0 Å². The fourth-order valence-corrected chi connectivity index (χ4v) is 3.94. The minimum absolute atomic E-state index is 0.365. The van der Waals surface area contributed by atoms with Gasteiger partial charge in [0.1, 0.15) is 5.65 Å². The van der Waals surface area contributed by atoms with Gasteiger partial charge in [0.25, 0.3) is 0 Å². The lowest BCUT2D eigenvalue weighted by atomic mass is 9.89. The fourth-order valence-electron chi connectivity index (χ4n) is 3.94. The average Bonchev–Trinajstić information content (AvgIpc) is 3.23. The average molecular weight is 320 g/mol. The van der Waals surface area contributed by atoms with Gasteiger partial charge in [0.05, 0.1) is 5.56 Å². The highest BCUT2D eigenvalue weighted by atomic mass is 16.4. The zero-order valence-corrected chi connectivity index (χ0v) is 13.7. The number of hydrogen-bond acceptors (Lipinski definition) is 2. The summed E-state index contributed by atoms with van der Waals surface area (Å²) in [5, 5.41) is 10.6. The molecule has 2 aromatic heterocycles. The number of aromatic nitrogens is 2. The topological polar surface area (TPSA) is 55.1 Å². The van der Waals surface area contributed by atoms with Gasteiger partial charge in [-0.15, -0.1) is 0 Å². The van der Waals surface area contributed by atoms with Crippen LogP contribution < -0.4 is 0 Å². The summed E-state index contributed by atoms with van der Waals surface area (Å²) in [4.78, 5) is 16.1. The molecule has 0 bridgehead atoms. The zero-order valence-electron chi connectivity index (χ0n) is 13.7. The summed E-state index contributed by atoms with van der Waals surface area (Å²) >= 11 is 0. The first-order chi connectivity index (χ1) is 11.6. The molecular weight excluding hydrogens is 300 g/mol. The summed E-state index contributed by atoms with van der Waals surface area (Å²) in [6.45, 7) is 0. The van der Waals surface area contributed by atoms with Crippen LogP contribution in [-0.2, 0) is 7.05 Å². The Morgan fingerprint density at radius 1 is 1.25 bits per heavy atom. The molecule has 1 fully saturated rings. The van der Waals surface area contributed by atoms with Gasteiger partial charge in [-0.3, -0.25) is 0 Å². The first-order valence-corrected chi connectivity index (χ1v) is 8.43. The third-order valence-electron chi connectivity index (χ3n) is 5.12. The highest BCUT2D eigenvalue weighted by Gasteiger charge is 2.23. The molecule has 3 aromatic rings. The highest BCUT2D eigenvalue weighted by molar-refractivity contribution is 5.96. The van der Waals surface area contributed by atoms with Crippen LogP contribution in [0.15, 0.2) is 42.7 Å². The monoisotopic (exact) mass is 320 g/mol. The van der Waals surface area contributed by atoms with Crippen LogP contribution in [0.3, 0.4) is 0 Å². The number of aromatic carboxylic acids is 1. The van der Waals surface area contributed by atoms with Crippen LogP contribution in [0.5, 0.6) is 0 Å². The summed E-state index contributed by atoms with van der Waals surface area (Å²) in [6, 6.07) is 9.78. The second kappa shape index (κ2) is 5.78. The molecule has 0 unspecified atom stereocenters. The van der Waals surface area contributed by atoms with E-state index in [1.807, 2.05) is 23.7 Å². The fraction of sp³-hybridized carbons (Fsp3) is 0.300. The van der Waals surface area contributed by atoms with Crippen molar-refractivity contribution in [2.45, 2.75) is 31.6 Å². The van der Waals surface area contributed by atoms with Crippen LogP contribution >= 0.6 is 0 Å². The molecule has 0 atom stereocenters. The molecule has 4 heteroatoms. The maximum Gasteiger partial charge on any atom is 0.335 e. The van der Waals surface area contributed by atoms with Gasteiger partial charge in [-0.2, -0.15) is 0 Å². The zero-order chi connectivity index (χ0) is 16.7. The molecule has 0 aliphatic heterocycles. The summed E-state index contributed by atoms with van der Waals surface area (Å²) in [7, 11) is 1.99. The van der Waals surface area contributed by atoms with Gasteiger partial charge >= 0.3 is 5.97 Å². The first kappa shape index (κ1) is 14.9. The lowest BCUT2D eigenvalue weighted by Gasteiger charge is -2.14. The van der Waals surface area contributed by atoms with Crippen molar-refractivity contribution in [3.8, 4) is 11.1 Å². The van der Waals surface area contributed by atoms with Crippen molar-refractivity contribution in [3.63, 3.8) is 0 Å². The smallest absolute Gasteiger partial charge is 0.335 e. The molecule has 4 nitrogen and oxygen atoms in total. The van der Waals surface area contributed by atoms with E-state index in [1.165, 1.54) is 12.8 Å². The minimum atomic E-state index is -0.831. The maximum atomic E-state index is 11.6. The normalized spacial score (nSPS) is 15.2. The number of benzene rings is 1. The number of carboxylic acid groups (broad SMARTS) is 1. The predicted octanol–water partition coefficient (Wildman–Crippen LogP) is 4.60. The standard InChI is InChI=1S/C20H20N2O2/c1-22-12-18(15-7-4-10-21-19(15)22)14-8-9-16(20(23)24)17(11-14)13-5-2-3-6-13/h4,7-13H,2-3,5-6H2,1H3,(H,23,24). The van der Waals surface area contributed by atoms with Crippen molar-refractivity contribution in [2.24, 2.45) is 7.05 Å². The molecule has 0 saturated heterocycles. The van der Waals surface area contributed by atoms with Crippen LogP contribution in [0.1, 0.15) is 47.5 Å². The first-order valence-electron chi connectivity index (χ1n) is 8.43. The SMILES string of the molecule is Cn1cc(-c2ccc(C(=O)O)c(C3CCCC3)c2)c2cccnc21. The molecule has 1 aromatic carbocycles. The lowest BCUT2D eigenvalue weighted by Crippen LogP contribution is -2.05. The molecule has 1 aliphatic carbocycles. The number of carboxylic acids is 1. The third-order valence-corrected chi connectivity index (χ3v) is 5.12. The van der Waals surface area contributed by atoms with E-state index in [-0.39, 0.29) is 0 Å². The Bertz CT molecular complexity index is 921. The van der Waals surface area contributed by atoms with Crippen LogP contribution in [0.25, 0.3) is 22.2 Å². The van der Waals surface area contributed by atoms with Gasteiger partial charge in [-0.25, -0.2) is 9.78 Å². The third kappa shape index (κ3) is 2.39. The summed E-state index contributed by atoms with van der Waals surface area (Å²) in [5.74, 6) is -0.466. The van der Waals surface area contributed by atoms with Gasteiger partial charge in [0, 0.05) is 30.4 Å². The van der Waals surface area contributed by atoms with Crippen LogP contribution in [-0.4, -0.2) is 20.6 Å². The molecule has 1 saturated carbocycles. The number of hydrogen-bond donors (Lipinski definition) is 1. The van der Waals surface area contributed by atoms with Gasteiger partial charge in [-0.05, 0) is 54.2 Å². The van der Waals surface area contributed by atoms with Crippen LogP contribution in [0.4, 0.5) is 0 Å². The van der Waals surface area contributed by atoms with Crippen LogP contribution in [0, 0.1) is 0 Å². The summed E-state index contributed by atoms with van der Waals surface area (Å²) in [6.07, 6.45) is 8.41. The molecule has 122 valence electrons. The van der Waals surface area contributed by atoms with Gasteiger partial charge < -0.3 is 9.67 Å². The number of nitrogens with zero attached hydrogens (tertiary/aromatic N) is 2. The molecule has 1 N–H and O–H groups in total. The molecule has 0 amide bonds. The van der Waals surface area contributed by atoms with E-state index < -0.39 is 5.97 Å². The van der Waals surface area contributed by atoms with E-state index in [2.05, 4.69) is 23.3 Å². The second-order valence-corrected chi connectivity index (χ2v) is 6.62. The Labute approximate surface area is 140 Å². The molecule has 2 heterocycles. The highest BCUT2D eigenvalue weighted by Crippen LogP contribution is 2.39. The van der Waals surface area contributed by atoms with Crippen molar-refractivity contribution < 1.29 is 9.90 Å². The van der Waals surface area contributed by atoms with E-state index >= 15 is 0 Å². The molecule has 4 rings (SSSR count). The number of rotatable bonds is 3. The molecular formula is C20H20N2O2. The number of pyridine rings is 1. The van der Waals surface area contributed by atoms with E-state index in [4.69, 9.17) is 0 Å². The Hall–Kier alpha value is -2.62. The summed E-state index contributed by atoms with van der Waals surface area (Å²) in [5.41, 5.74) is 4.55. The van der Waals surface area contributed by atoms with Gasteiger partial charge in [0.2, 0.25) is 0 Å². The Morgan fingerprint density at radius 3 is 2.79 bits per heavy atom. The molecule has 0 radical (unpaired) electrons. The maximum absolute atomic E-state index is 11.6. The van der Waals surface area contributed by atoms with Crippen LogP contribution in [0.2, 0.25) is 0 Å². The lowest BCUT2D eigenvalue weighted by molar-refractivity contribution is 0.0695. The van der Waals surface area contributed by atoms with Gasteiger partial charge in [0.15, 0.2) is 0 Å².